The van der Waals surface area contributed by atoms with E-state index in [2.05, 4.69) is 46.4 Å². The van der Waals surface area contributed by atoms with Crippen molar-refractivity contribution in [1.82, 2.24) is 19.8 Å². The van der Waals surface area contributed by atoms with Crippen LogP contribution in [-0.4, -0.2) is 44.5 Å². The van der Waals surface area contributed by atoms with Gasteiger partial charge in [-0.1, -0.05) is 37.3 Å². The number of nitrogens with one attached hydrogen (secondary N) is 1. The molecule has 1 amide bonds. The molecule has 5 rings (SSSR count). The van der Waals surface area contributed by atoms with E-state index >= 15 is 0 Å². The van der Waals surface area contributed by atoms with Gasteiger partial charge >= 0.3 is 5.69 Å². The van der Waals surface area contributed by atoms with E-state index in [4.69, 9.17) is 0 Å². The van der Waals surface area contributed by atoms with E-state index in [-0.39, 0.29) is 35.6 Å². The van der Waals surface area contributed by atoms with Crippen LogP contribution in [-0.2, 0) is 17.8 Å². The van der Waals surface area contributed by atoms with Gasteiger partial charge in [0.05, 0.1) is 6.04 Å². The van der Waals surface area contributed by atoms with Crippen molar-refractivity contribution in [3.63, 3.8) is 0 Å². The van der Waals surface area contributed by atoms with Crippen molar-refractivity contribution in [3.05, 3.63) is 63.8 Å². The van der Waals surface area contributed by atoms with Crippen LogP contribution in [0.25, 0.3) is 0 Å². The van der Waals surface area contributed by atoms with Crippen molar-refractivity contribution in [3.8, 4) is 0 Å². The van der Waals surface area contributed by atoms with Crippen molar-refractivity contribution < 1.29 is 4.79 Å². The number of carbonyl (C=O) groups excluding carboxylic acids is 1. The van der Waals surface area contributed by atoms with Crippen molar-refractivity contribution >= 4 is 5.91 Å². The summed E-state index contributed by atoms with van der Waals surface area (Å²) in [5.41, 5.74) is 2.50. The molecule has 1 aliphatic carbocycles. The van der Waals surface area contributed by atoms with E-state index in [1.54, 1.807) is 0 Å². The molecule has 6 heteroatoms. The van der Waals surface area contributed by atoms with Crippen LogP contribution in [0.1, 0.15) is 49.6 Å². The molecule has 1 N–H and O–H groups in total. The maximum atomic E-state index is 13.8. The summed E-state index contributed by atoms with van der Waals surface area (Å²) in [6.07, 6.45) is 5.32. The third-order valence-corrected chi connectivity index (χ3v) is 7.98. The summed E-state index contributed by atoms with van der Waals surface area (Å²) in [7, 11) is 0. The fourth-order valence-electron chi connectivity index (χ4n) is 6.52. The zero-order chi connectivity index (χ0) is 21.8. The first-order chi connectivity index (χ1) is 14.9. The van der Waals surface area contributed by atoms with E-state index in [0.717, 1.165) is 31.4 Å². The number of likely N-dealkylation sites (tertiary alicyclic amines) is 1. The largest absolute Gasteiger partial charge is 0.348 e. The number of rotatable bonds is 4. The van der Waals surface area contributed by atoms with Gasteiger partial charge in [-0.25, -0.2) is 4.79 Å². The van der Waals surface area contributed by atoms with Crippen LogP contribution in [0.5, 0.6) is 0 Å². The molecule has 5 atom stereocenters. The number of hydrogen-bond donors (Lipinski definition) is 1. The van der Waals surface area contributed by atoms with E-state index < -0.39 is 0 Å². The molecule has 3 fully saturated rings. The fraction of sp³-hybridized carbons (Fsp3) is 0.560. The Hall–Kier alpha value is -2.47. The van der Waals surface area contributed by atoms with Crippen LogP contribution in [0.15, 0.2) is 41.2 Å². The second-order valence-corrected chi connectivity index (χ2v) is 9.95. The van der Waals surface area contributed by atoms with Crippen molar-refractivity contribution in [1.29, 1.82) is 0 Å². The van der Waals surface area contributed by atoms with Crippen LogP contribution in [0, 0.1) is 19.3 Å². The highest BCUT2D eigenvalue weighted by Gasteiger charge is 2.60. The summed E-state index contributed by atoms with van der Waals surface area (Å²) >= 11 is 0. The lowest BCUT2D eigenvalue weighted by Gasteiger charge is -2.53. The number of aromatic nitrogens is 2. The second kappa shape index (κ2) is 7.59. The first-order valence-electron chi connectivity index (χ1n) is 11.5. The quantitative estimate of drug-likeness (QED) is 0.826. The molecule has 2 aliphatic heterocycles. The zero-order valence-electron chi connectivity index (χ0n) is 18.7. The van der Waals surface area contributed by atoms with Gasteiger partial charge in [-0.15, -0.1) is 0 Å². The second-order valence-electron chi connectivity index (χ2n) is 9.95. The maximum absolute atomic E-state index is 13.8. The van der Waals surface area contributed by atoms with Crippen molar-refractivity contribution in [2.75, 3.05) is 0 Å². The molecule has 0 unspecified atom stereocenters. The average Bonchev–Trinajstić information content (AvgIpc) is 3.08. The van der Waals surface area contributed by atoms with Crippen LogP contribution in [0.4, 0.5) is 0 Å². The highest BCUT2D eigenvalue weighted by Crippen LogP contribution is 2.52. The first kappa shape index (κ1) is 20.4. The van der Waals surface area contributed by atoms with Gasteiger partial charge in [-0.3, -0.25) is 9.36 Å². The van der Waals surface area contributed by atoms with Gasteiger partial charge in [-0.05, 0) is 57.6 Å². The Labute approximate surface area is 183 Å². The zero-order valence-corrected chi connectivity index (χ0v) is 18.7. The smallest absolute Gasteiger partial charge is 0.333 e. The molecule has 3 aliphatic rings. The summed E-state index contributed by atoms with van der Waals surface area (Å²) in [5, 5.41) is 3.90. The minimum atomic E-state index is -0.337. The Bertz CT molecular complexity index is 1050. The summed E-state index contributed by atoms with van der Waals surface area (Å²) in [6, 6.07) is 13.4. The lowest BCUT2D eigenvalue weighted by atomic mass is 9.64. The van der Waals surface area contributed by atoms with E-state index in [0.29, 0.717) is 17.8 Å². The lowest BCUT2D eigenvalue weighted by Crippen LogP contribution is -2.63. The molecule has 1 aromatic heterocycles. The number of benzene rings is 1. The molecule has 2 bridgehead atoms. The Morgan fingerprint density at radius 1 is 1.23 bits per heavy atom. The predicted molar refractivity (Wildman–Crippen MR) is 120 cm³/mol. The highest BCUT2D eigenvalue weighted by atomic mass is 16.2. The first-order valence-corrected chi connectivity index (χ1v) is 11.5. The van der Waals surface area contributed by atoms with Crippen LogP contribution in [0.3, 0.4) is 0 Å². The maximum Gasteiger partial charge on any atom is 0.348 e. The number of fused-ring (bicyclic) bond motifs is 1. The monoisotopic (exact) mass is 420 g/mol. The Balaban J connectivity index is 1.51. The molecule has 3 heterocycles. The molecule has 2 saturated heterocycles. The van der Waals surface area contributed by atoms with Gasteiger partial charge in [0.15, 0.2) is 0 Å². The van der Waals surface area contributed by atoms with E-state index in [1.807, 2.05) is 26.0 Å². The van der Waals surface area contributed by atoms with Crippen molar-refractivity contribution in [2.24, 2.45) is 5.41 Å². The van der Waals surface area contributed by atoms with Gasteiger partial charge in [0.25, 0.3) is 0 Å². The molecule has 0 spiro atoms. The predicted octanol–water partition coefficient (Wildman–Crippen LogP) is 2.60. The van der Waals surface area contributed by atoms with Gasteiger partial charge in [0.2, 0.25) is 5.91 Å². The van der Waals surface area contributed by atoms with Crippen LogP contribution in [0.2, 0.25) is 0 Å². The number of nitrogens with zero attached hydrogens (tertiary/aromatic N) is 3. The Morgan fingerprint density at radius 2 is 2.00 bits per heavy atom. The number of aryl methyl sites for hydroxylation is 2. The Kier molecular flexibility index (Phi) is 5.00. The molecule has 1 aromatic carbocycles. The molecule has 2 aromatic rings. The molecule has 31 heavy (non-hydrogen) atoms. The third-order valence-electron chi connectivity index (χ3n) is 7.98. The van der Waals surface area contributed by atoms with Gasteiger partial charge in [0, 0.05) is 34.9 Å². The number of amides is 1. The summed E-state index contributed by atoms with van der Waals surface area (Å²) in [5.74, 6) is 0.0436. The van der Waals surface area contributed by atoms with Crippen LogP contribution >= 0.6 is 0 Å². The van der Waals surface area contributed by atoms with Gasteiger partial charge < -0.3 is 10.2 Å². The molecule has 6 nitrogen and oxygen atoms in total. The molecule has 164 valence electrons. The summed E-state index contributed by atoms with van der Waals surface area (Å²) in [4.78, 5) is 32.6. The third kappa shape index (κ3) is 3.41. The SMILES string of the molecule is Cc1cc(C)n(CC(=O)N2[C@@H](Cc3ccccc3)[C@@H]3C[C@@]4(C)[C@H](CCC[C@@H]24)N3)c(=O)n1. The normalized spacial score (nSPS) is 31.6. The average molecular weight is 421 g/mol. The summed E-state index contributed by atoms with van der Waals surface area (Å²) < 4.78 is 1.53. The topological polar surface area (TPSA) is 67.2 Å². The molecular formula is C25H32N4O2. The minimum absolute atomic E-state index is 0.0436. The van der Waals surface area contributed by atoms with Crippen molar-refractivity contribution in [2.45, 2.75) is 83.6 Å². The van der Waals surface area contributed by atoms with E-state index in [9.17, 15) is 9.59 Å². The standard InChI is InChI=1S/C25H32N4O2/c1-16-12-17(2)28(24(31)26-16)15-23(30)29-20(13-18-8-5-4-6-9-18)19-14-25(3)21(27-19)10-7-11-22(25)29/h4-6,8-9,12,19-22,27H,7,10-11,13-15H2,1-3H3/t19-,20-,21-,22+,25-/m0/s1. The molecule has 1 saturated carbocycles. The van der Waals surface area contributed by atoms with Gasteiger partial charge in [0.1, 0.15) is 6.54 Å². The molecular weight excluding hydrogens is 388 g/mol. The van der Waals surface area contributed by atoms with Gasteiger partial charge in [-0.2, -0.15) is 4.98 Å². The van der Waals surface area contributed by atoms with Crippen LogP contribution < -0.4 is 11.0 Å². The summed E-state index contributed by atoms with van der Waals surface area (Å²) in [6.45, 7) is 6.11. The lowest BCUT2D eigenvalue weighted by molar-refractivity contribution is -0.145. The van der Waals surface area contributed by atoms with E-state index in [1.165, 1.54) is 16.6 Å². The highest BCUT2D eigenvalue weighted by molar-refractivity contribution is 5.77. The Morgan fingerprint density at radius 3 is 2.74 bits per heavy atom. The minimum Gasteiger partial charge on any atom is -0.333 e. The molecule has 0 radical (unpaired) electrons. The number of hydrogen-bond acceptors (Lipinski definition) is 4. The number of piperidine rings is 1. The number of carbonyl (C=O) groups is 1. The fourth-order valence-corrected chi connectivity index (χ4v) is 6.52.